The SMILES string of the molecule is COc1ccccc1/C=C(/C)C(=O)O. The number of methoxy groups -OCH3 is 1. The number of benzene rings is 1. The van der Waals surface area contributed by atoms with Crippen LogP contribution in [0.25, 0.3) is 6.08 Å². The lowest BCUT2D eigenvalue weighted by Gasteiger charge is -2.03. The van der Waals surface area contributed by atoms with Gasteiger partial charge in [0.05, 0.1) is 7.11 Å². The normalized spacial score (nSPS) is 11.1. The molecule has 1 aromatic carbocycles. The Kier molecular flexibility index (Phi) is 3.29. The van der Waals surface area contributed by atoms with Crippen LogP contribution in [0.15, 0.2) is 29.8 Å². The Morgan fingerprint density at radius 3 is 2.64 bits per heavy atom. The van der Waals surface area contributed by atoms with Crippen LogP contribution >= 0.6 is 0 Å². The minimum absolute atomic E-state index is 0.287. The van der Waals surface area contributed by atoms with Gasteiger partial charge in [-0.3, -0.25) is 0 Å². The molecular weight excluding hydrogens is 180 g/mol. The van der Waals surface area contributed by atoms with Crippen molar-refractivity contribution in [3.05, 3.63) is 35.4 Å². The van der Waals surface area contributed by atoms with Gasteiger partial charge in [0, 0.05) is 11.1 Å². The molecule has 14 heavy (non-hydrogen) atoms. The molecule has 0 spiro atoms. The molecule has 0 aliphatic heterocycles. The molecule has 74 valence electrons. The second-order valence-corrected chi connectivity index (χ2v) is 2.87. The molecule has 3 nitrogen and oxygen atoms in total. The Balaban J connectivity index is 3.07. The maximum atomic E-state index is 10.6. The highest BCUT2D eigenvalue weighted by Crippen LogP contribution is 2.20. The van der Waals surface area contributed by atoms with Crippen molar-refractivity contribution < 1.29 is 14.6 Å². The van der Waals surface area contributed by atoms with Crippen LogP contribution in [0.2, 0.25) is 0 Å². The van der Waals surface area contributed by atoms with Crippen LogP contribution in [-0.2, 0) is 4.79 Å². The molecule has 1 N–H and O–H groups in total. The highest BCUT2D eigenvalue weighted by molar-refractivity contribution is 5.91. The topological polar surface area (TPSA) is 46.5 Å². The summed E-state index contributed by atoms with van der Waals surface area (Å²) in [5, 5.41) is 8.70. The molecule has 0 radical (unpaired) electrons. The summed E-state index contributed by atoms with van der Waals surface area (Å²) in [5.41, 5.74) is 1.06. The van der Waals surface area contributed by atoms with Crippen LogP contribution in [0.1, 0.15) is 12.5 Å². The van der Waals surface area contributed by atoms with Crippen LogP contribution in [0.5, 0.6) is 5.75 Å². The molecule has 1 aromatic rings. The van der Waals surface area contributed by atoms with Crippen LogP contribution in [-0.4, -0.2) is 18.2 Å². The van der Waals surface area contributed by atoms with Gasteiger partial charge in [-0.2, -0.15) is 0 Å². The molecule has 0 saturated carbocycles. The number of aliphatic carboxylic acids is 1. The first-order valence-electron chi connectivity index (χ1n) is 4.19. The van der Waals surface area contributed by atoms with Crippen molar-refractivity contribution in [2.45, 2.75) is 6.92 Å². The highest BCUT2D eigenvalue weighted by Gasteiger charge is 2.03. The fourth-order valence-corrected chi connectivity index (χ4v) is 1.08. The molecule has 0 atom stereocenters. The molecule has 0 saturated heterocycles. The smallest absolute Gasteiger partial charge is 0.331 e. The number of carboxylic acid groups (broad SMARTS) is 1. The van der Waals surface area contributed by atoms with Crippen LogP contribution in [0, 0.1) is 0 Å². The standard InChI is InChI=1S/C11H12O3/c1-8(11(12)13)7-9-5-3-4-6-10(9)14-2/h3-7H,1-2H3,(H,12,13)/b8-7-. The third kappa shape index (κ3) is 2.36. The summed E-state index contributed by atoms with van der Waals surface area (Å²) in [6.07, 6.45) is 1.58. The van der Waals surface area contributed by atoms with Gasteiger partial charge in [0.25, 0.3) is 0 Å². The Morgan fingerprint density at radius 2 is 2.07 bits per heavy atom. The van der Waals surface area contributed by atoms with E-state index in [2.05, 4.69) is 0 Å². The van der Waals surface area contributed by atoms with E-state index in [1.54, 1.807) is 26.2 Å². The summed E-state index contributed by atoms with van der Waals surface area (Å²) < 4.78 is 5.09. The summed E-state index contributed by atoms with van der Waals surface area (Å²) in [7, 11) is 1.56. The van der Waals surface area contributed by atoms with Crippen molar-refractivity contribution >= 4 is 12.0 Å². The lowest BCUT2D eigenvalue weighted by molar-refractivity contribution is -0.132. The first kappa shape index (κ1) is 10.3. The number of hydrogen-bond acceptors (Lipinski definition) is 2. The molecule has 0 bridgehead atoms. The van der Waals surface area contributed by atoms with Gasteiger partial charge >= 0.3 is 5.97 Å². The number of hydrogen-bond donors (Lipinski definition) is 1. The Labute approximate surface area is 82.6 Å². The Morgan fingerprint density at radius 1 is 1.43 bits per heavy atom. The minimum atomic E-state index is -0.920. The first-order chi connectivity index (χ1) is 6.65. The summed E-state index contributed by atoms with van der Waals surface area (Å²) in [4.78, 5) is 10.6. The fourth-order valence-electron chi connectivity index (χ4n) is 1.08. The molecular formula is C11H12O3. The zero-order chi connectivity index (χ0) is 10.6. The maximum absolute atomic E-state index is 10.6. The third-order valence-electron chi connectivity index (χ3n) is 1.85. The average molecular weight is 192 g/mol. The second kappa shape index (κ2) is 4.46. The maximum Gasteiger partial charge on any atom is 0.331 e. The quantitative estimate of drug-likeness (QED) is 0.746. The van der Waals surface area contributed by atoms with E-state index in [9.17, 15) is 4.79 Å². The number of carbonyl (C=O) groups is 1. The van der Waals surface area contributed by atoms with Crippen LogP contribution in [0.4, 0.5) is 0 Å². The predicted molar refractivity (Wildman–Crippen MR) is 54.3 cm³/mol. The van der Waals surface area contributed by atoms with Gasteiger partial charge in [-0.1, -0.05) is 18.2 Å². The second-order valence-electron chi connectivity index (χ2n) is 2.87. The summed E-state index contributed by atoms with van der Waals surface area (Å²) in [6.45, 7) is 1.55. The van der Waals surface area contributed by atoms with Gasteiger partial charge in [-0.15, -0.1) is 0 Å². The van der Waals surface area contributed by atoms with Crippen LogP contribution in [0.3, 0.4) is 0 Å². The van der Waals surface area contributed by atoms with Crippen molar-refractivity contribution in [2.24, 2.45) is 0 Å². The monoisotopic (exact) mass is 192 g/mol. The summed E-state index contributed by atoms with van der Waals surface area (Å²) in [6, 6.07) is 7.28. The Bertz CT molecular complexity index is 367. The number of rotatable bonds is 3. The number of ether oxygens (including phenoxy) is 1. The first-order valence-corrected chi connectivity index (χ1v) is 4.19. The van der Waals surface area contributed by atoms with E-state index in [4.69, 9.17) is 9.84 Å². The molecule has 0 aliphatic rings. The van der Waals surface area contributed by atoms with Gasteiger partial charge in [0.2, 0.25) is 0 Å². The Hall–Kier alpha value is -1.77. The van der Waals surface area contributed by atoms with Gasteiger partial charge in [0.1, 0.15) is 5.75 Å². The summed E-state index contributed by atoms with van der Waals surface area (Å²) >= 11 is 0. The molecule has 0 fully saturated rings. The lowest BCUT2D eigenvalue weighted by atomic mass is 10.1. The molecule has 1 rings (SSSR count). The molecule has 0 amide bonds. The predicted octanol–water partition coefficient (Wildman–Crippen LogP) is 2.18. The van der Waals surface area contributed by atoms with E-state index in [1.807, 2.05) is 18.2 Å². The van der Waals surface area contributed by atoms with E-state index in [0.29, 0.717) is 5.75 Å². The van der Waals surface area contributed by atoms with Crippen LogP contribution < -0.4 is 4.74 Å². The van der Waals surface area contributed by atoms with Gasteiger partial charge < -0.3 is 9.84 Å². The van der Waals surface area contributed by atoms with E-state index in [0.717, 1.165) is 5.56 Å². The lowest BCUT2D eigenvalue weighted by Crippen LogP contribution is -1.96. The van der Waals surface area contributed by atoms with Gasteiger partial charge in [-0.25, -0.2) is 4.79 Å². The number of para-hydroxylation sites is 1. The van der Waals surface area contributed by atoms with Crippen molar-refractivity contribution in [1.82, 2.24) is 0 Å². The molecule has 0 unspecified atom stereocenters. The molecule has 0 aliphatic carbocycles. The van der Waals surface area contributed by atoms with E-state index < -0.39 is 5.97 Å². The van der Waals surface area contributed by atoms with Gasteiger partial charge in [0.15, 0.2) is 0 Å². The van der Waals surface area contributed by atoms with E-state index in [1.165, 1.54) is 0 Å². The average Bonchev–Trinajstić information content (AvgIpc) is 2.18. The molecule has 0 heterocycles. The van der Waals surface area contributed by atoms with E-state index >= 15 is 0 Å². The molecule has 3 heteroatoms. The third-order valence-corrected chi connectivity index (χ3v) is 1.85. The largest absolute Gasteiger partial charge is 0.496 e. The van der Waals surface area contributed by atoms with Crippen molar-refractivity contribution in [3.8, 4) is 5.75 Å². The van der Waals surface area contributed by atoms with Crippen molar-refractivity contribution in [2.75, 3.05) is 7.11 Å². The molecule has 0 aromatic heterocycles. The zero-order valence-corrected chi connectivity index (χ0v) is 8.15. The van der Waals surface area contributed by atoms with Gasteiger partial charge in [-0.05, 0) is 19.1 Å². The fraction of sp³-hybridized carbons (Fsp3) is 0.182. The number of carboxylic acids is 1. The van der Waals surface area contributed by atoms with Crippen molar-refractivity contribution in [1.29, 1.82) is 0 Å². The summed E-state index contributed by atoms with van der Waals surface area (Å²) in [5.74, 6) is -0.246. The van der Waals surface area contributed by atoms with E-state index in [-0.39, 0.29) is 5.57 Å². The highest BCUT2D eigenvalue weighted by atomic mass is 16.5. The minimum Gasteiger partial charge on any atom is -0.496 e. The van der Waals surface area contributed by atoms with Crippen molar-refractivity contribution in [3.63, 3.8) is 0 Å². The zero-order valence-electron chi connectivity index (χ0n) is 8.15.